The third kappa shape index (κ3) is 2.89. The van der Waals surface area contributed by atoms with Gasteiger partial charge in [0, 0.05) is 4.47 Å². The molecule has 124 valence electrons. The lowest BCUT2D eigenvalue weighted by Gasteiger charge is -2.23. The van der Waals surface area contributed by atoms with E-state index in [-0.39, 0.29) is 0 Å². The number of nitrogens with one attached hydrogen (secondary N) is 2. The average molecular weight is 387 g/mol. The molecule has 1 fully saturated rings. The van der Waals surface area contributed by atoms with Gasteiger partial charge in [-0.2, -0.15) is 5.10 Å². The fourth-order valence-corrected chi connectivity index (χ4v) is 3.72. The topological polar surface area (TPSA) is 67.7 Å². The van der Waals surface area contributed by atoms with Crippen LogP contribution in [0.15, 0.2) is 35.2 Å². The Morgan fingerprint density at radius 1 is 1.25 bits per heavy atom. The molecule has 0 spiro atoms. The first-order chi connectivity index (χ1) is 11.7. The van der Waals surface area contributed by atoms with Gasteiger partial charge in [-0.15, -0.1) is 0 Å². The highest BCUT2D eigenvalue weighted by atomic mass is 79.9. The van der Waals surface area contributed by atoms with Gasteiger partial charge in [-0.25, -0.2) is 14.6 Å². The van der Waals surface area contributed by atoms with Crippen molar-refractivity contribution in [2.24, 2.45) is 0 Å². The maximum Gasteiger partial charge on any atom is 0.163 e. The minimum Gasteiger partial charge on any atom is -0.339 e. The molecular weight excluding hydrogens is 368 g/mol. The molecular formula is C17H19BrN6. The highest BCUT2D eigenvalue weighted by molar-refractivity contribution is 9.10. The molecule has 2 N–H and O–H groups in total. The minimum absolute atomic E-state index is 0.401. The molecule has 0 atom stereocenters. The molecule has 3 heterocycles. The number of hydrogen-bond donors (Lipinski definition) is 2. The number of rotatable bonds is 3. The Kier molecular flexibility index (Phi) is 4.20. The summed E-state index contributed by atoms with van der Waals surface area (Å²) in [6.07, 6.45) is 5.62. The molecule has 24 heavy (non-hydrogen) atoms. The number of nitrogens with zero attached hydrogens (tertiary/aromatic N) is 4. The molecule has 6 nitrogen and oxygen atoms in total. The van der Waals surface area contributed by atoms with Gasteiger partial charge in [0.2, 0.25) is 0 Å². The Morgan fingerprint density at radius 2 is 2.08 bits per heavy atom. The first-order valence-electron chi connectivity index (χ1n) is 8.14. The third-order valence-corrected chi connectivity index (χ3v) is 5.08. The molecule has 0 radical (unpaired) electrons. The fourth-order valence-electron chi connectivity index (χ4n) is 3.13. The van der Waals surface area contributed by atoms with Gasteiger partial charge in [-0.1, -0.05) is 6.07 Å². The van der Waals surface area contributed by atoms with Crippen molar-refractivity contribution in [1.29, 1.82) is 0 Å². The summed E-state index contributed by atoms with van der Waals surface area (Å²) in [6, 6.07) is 6.60. The lowest BCUT2D eigenvalue weighted by Crippen LogP contribution is -2.29. The Bertz CT molecular complexity index is 869. The lowest BCUT2D eigenvalue weighted by molar-refractivity contribution is 0.349. The van der Waals surface area contributed by atoms with E-state index in [1.54, 1.807) is 6.33 Å². The van der Waals surface area contributed by atoms with Gasteiger partial charge in [0.1, 0.15) is 12.1 Å². The van der Waals surface area contributed by atoms with E-state index in [9.17, 15) is 0 Å². The smallest absolute Gasteiger partial charge is 0.163 e. The van der Waals surface area contributed by atoms with Gasteiger partial charge < -0.3 is 10.6 Å². The Labute approximate surface area is 148 Å². The van der Waals surface area contributed by atoms with Gasteiger partial charge in [0.05, 0.1) is 23.3 Å². The summed E-state index contributed by atoms with van der Waals surface area (Å²) >= 11 is 3.60. The summed E-state index contributed by atoms with van der Waals surface area (Å²) < 4.78 is 3.06. The Morgan fingerprint density at radius 3 is 2.88 bits per heavy atom. The van der Waals surface area contributed by atoms with E-state index in [1.807, 2.05) is 16.9 Å². The second-order valence-electron chi connectivity index (χ2n) is 6.14. The standard InChI is InChI=1S/C17H19BrN6/c1-11-2-3-15(14(18)8-11)23-16-13-9-22-24(17(13)21-10-20-16)12-4-6-19-7-5-12/h2-3,8-10,12,19H,4-7H2,1H3,(H,20,21,23). The normalized spacial score (nSPS) is 15.8. The highest BCUT2D eigenvalue weighted by Gasteiger charge is 2.19. The quantitative estimate of drug-likeness (QED) is 0.719. The van der Waals surface area contributed by atoms with E-state index in [4.69, 9.17) is 0 Å². The first kappa shape index (κ1) is 15.5. The fraction of sp³-hybridized carbons (Fsp3) is 0.353. The first-order valence-corrected chi connectivity index (χ1v) is 8.94. The van der Waals surface area contributed by atoms with E-state index < -0.39 is 0 Å². The number of aromatic nitrogens is 4. The highest BCUT2D eigenvalue weighted by Crippen LogP contribution is 2.30. The van der Waals surface area contributed by atoms with Crippen LogP contribution in [-0.4, -0.2) is 32.8 Å². The Balaban J connectivity index is 1.70. The van der Waals surface area contributed by atoms with Crippen LogP contribution in [-0.2, 0) is 0 Å². The SMILES string of the molecule is Cc1ccc(Nc2ncnc3c2cnn3C2CCNCC2)c(Br)c1. The van der Waals surface area contributed by atoms with Gasteiger partial charge in [0.15, 0.2) is 5.65 Å². The summed E-state index contributed by atoms with van der Waals surface area (Å²) in [5.74, 6) is 0.782. The van der Waals surface area contributed by atoms with Crippen molar-refractivity contribution in [2.45, 2.75) is 25.8 Å². The lowest BCUT2D eigenvalue weighted by atomic mass is 10.1. The van der Waals surface area contributed by atoms with Crippen molar-refractivity contribution in [3.05, 3.63) is 40.8 Å². The zero-order valence-electron chi connectivity index (χ0n) is 13.5. The van der Waals surface area contributed by atoms with Crippen LogP contribution >= 0.6 is 15.9 Å². The number of piperidine rings is 1. The van der Waals surface area contributed by atoms with Crippen molar-refractivity contribution in [3.8, 4) is 0 Å². The predicted molar refractivity (Wildman–Crippen MR) is 98.6 cm³/mol. The van der Waals surface area contributed by atoms with Gasteiger partial charge in [0.25, 0.3) is 0 Å². The van der Waals surface area contributed by atoms with Crippen LogP contribution in [0.1, 0.15) is 24.4 Å². The second-order valence-corrected chi connectivity index (χ2v) is 6.99. The molecule has 0 saturated carbocycles. The number of aryl methyl sites for hydroxylation is 1. The minimum atomic E-state index is 0.401. The molecule has 3 aromatic rings. The molecule has 0 aliphatic carbocycles. The van der Waals surface area contributed by atoms with Crippen LogP contribution in [0, 0.1) is 6.92 Å². The summed E-state index contributed by atoms with van der Waals surface area (Å²) in [5.41, 5.74) is 3.08. The number of hydrogen-bond acceptors (Lipinski definition) is 5. The molecule has 1 aliphatic heterocycles. The van der Waals surface area contributed by atoms with Crippen LogP contribution in [0.2, 0.25) is 0 Å². The summed E-state index contributed by atoms with van der Waals surface area (Å²) in [4.78, 5) is 8.89. The molecule has 1 saturated heterocycles. The average Bonchev–Trinajstić information content (AvgIpc) is 3.03. The summed E-state index contributed by atoms with van der Waals surface area (Å²) in [7, 11) is 0. The molecule has 0 unspecified atom stereocenters. The summed E-state index contributed by atoms with van der Waals surface area (Å²) in [6.45, 7) is 4.12. The maximum atomic E-state index is 4.59. The molecule has 7 heteroatoms. The molecule has 0 amide bonds. The Hall–Kier alpha value is -1.99. The van der Waals surface area contributed by atoms with Crippen molar-refractivity contribution in [3.63, 3.8) is 0 Å². The molecule has 4 rings (SSSR count). The van der Waals surface area contributed by atoms with Crippen LogP contribution in [0.25, 0.3) is 11.0 Å². The zero-order valence-corrected chi connectivity index (χ0v) is 15.0. The van der Waals surface area contributed by atoms with Crippen LogP contribution in [0.5, 0.6) is 0 Å². The van der Waals surface area contributed by atoms with E-state index >= 15 is 0 Å². The predicted octanol–water partition coefficient (Wildman–Crippen LogP) is 3.57. The number of fused-ring (bicyclic) bond motifs is 1. The van der Waals surface area contributed by atoms with Crippen LogP contribution < -0.4 is 10.6 Å². The molecule has 1 aromatic carbocycles. The van der Waals surface area contributed by atoms with Crippen molar-refractivity contribution in [2.75, 3.05) is 18.4 Å². The molecule has 1 aliphatic rings. The summed E-state index contributed by atoms with van der Waals surface area (Å²) in [5, 5.41) is 12.3. The third-order valence-electron chi connectivity index (χ3n) is 4.42. The van der Waals surface area contributed by atoms with Gasteiger partial charge in [-0.05, 0) is 66.5 Å². The van der Waals surface area contributed by atoms with Crippen molar-refractivity contribution >= 4 is 38.5 Å². The van der Waals surface area contributed by atoms with E-state index in [0.717, 1.165) is 52.9 Å². The van der Waals surface area contributed by atoms with Crippen LogP contribution in [0.3, 0.4) is 0 Å². The maximum absolute atomic E-state index is 4.59. The van der Waals surface area contributed by atoms with E-state index in [2.05, 4.69) is 60.7 Å². The number of halogens is 1. The van der Waals surface area contributed by atoms with E-state index in [0.29, 0.717) is 6.04 Å². The molecule has 0 bridgehead atoms. The largest absolute Gasteiger partial charge is 0.339 e. The van der Waals surface area contributed by atoms with Gasteiger partial charge in [-0.3, -0.25) is 0 Å². The van der Waals surface area contributed by atoms with Crippen molar-refractivity contribution in [1.82, 2.24) is 25.1 Å². The monoisotopic (exact) mass is 386 g/mol. The van der Waals surface area contributed by atoms with Crippen LogP contribution in [0.4, 0.5) is 11.5 Å². The number of benzene rings is 1. The number of anilines is 2. The van der Waals surface area contributed by atoms with E-state index in [1.165, 1.54) is 5.56 Å². The van der Waals surface area contributed by atoms with Gasteiger partial charge >= 0.3 is 0 Å². The molecule has 2 aromatic heterocycles. The zero-order chi connectivity index (χ0) is 16.5. The van der Waals surface area contributed by atoms with Crippen molar-refractivity contribution < 1.29 is 0 Å². The second kappa shape index (κ2) is 6.49.